The number of allylic oxidation sites excluding steroid dienone is 1. The Morgan fingerprint density at radius 1 is 1.70 bits per heavy atom. The molecule has 0 radical (unpaired) electrons. The molecule has 0 saturated carbocycles. The number of hydrogen-bond acceptors (Lipinski definition) is 1. The minimum absolute atomic E-state index is 0.199. The van der Waals surface area contributed by atoms with Crippen molar-refractivity contribution in [1.82, 2.24) is 0 Å². The van der Waals surface area contributed by atoms with E-state index in [2.05, 4.69) is 5.92 Å². The SMILES string of the molecule is C#CC1=C(C)CC[C@@H](O)C1. The lowest BCUT2D eigenvalue weighted by Gasteiger charge is -2.18. The van der Waals surface area contributed by atoms with Gasteiger partial charge in [-0.2, -0.15) is 0 Å². The molecule has 1 nitrogen and oxygen atoms in total. The Morgan fingerprint density at radius 3 is 2.90 bits per heavy atom. The fourth-order valence-corrected chi connectivity index (χ4v) is 1.23. The second-order valence-corrected chi connectivity index (χ2v) is 2.80. The lowest BCUT2D eigenvalue weighted by atomic mass is 9.91. The Morgan fingerprint density at radius 2 is 2.40 bits per heavy atom. The predicted molar refractivity (Wildman–Crippen MR) is 41.4 cm³/mol. The molecule has 54 valence electrons. The van der Waals surface area contributed by atoms with Crippen molar-refractivity contribution in [2.75, 3.05) is 0 Å². The second kappa shape index (κ2) is 2.90. The minimum Gasteiger partial charge on any atom is -0.393 e. The van der Waals surface area contributed by atoms with E-state index in [4.69, 9.17) is 6.42 Å². The van der Waals surface area contributed by atoms with Crippen molar-refractivity contribution in [3.05, 3.63) is 11.1 Å². The van der Waals surface area contributed by atoms with Crippen molar-refractivity contribution in [3.8, 4) is 12.3 Å². The number of aliphatic hydroxyl groups is 1. The van der Waals surface area contributed by atoms with Gasteiger partial charge in [-0.3, -0.25) is 0 Å². The molecule has 0 unspecified atom stereocenters. The standard InChI is InChI=1S/C9H12O/c1-3-8-6-9(10)5-4-7(8)2/h1,9-10H,4-6H2,2H3/t9-/m1/s1. The Labute approximate surface area is 61.8 Å². The Bertz CT molecular complexity index is 195. The van der Waals surface area contributed by atoms with Crippen molar-refractivity contribution in [1.29, 1.82) is 0 Å². The molecule has 1 atom stereocenters. The van der Waals surface area contributed by atoms with Gasteiger partial charge in [0, 0.05) is 12.0 Å². The van der Waals surface area contributed by atoms with Gasteiger partial charge < -0.3 is 5.11 Å². The van der Waals surface area contributed by atoms with Gasteiger partial charge in [-0.15, -0.1) is 6.42 Å². The third-order valence-corrected chi connectivity index (χ3v) is 1.98. The molecule has 0 heterocycles. The van der Waals surface area contributed by atoms with E-state index in [0.717, 1.165) is 18.4 Å². The van der Waals surface area contributed by atoms with E-state index >= 15 is 0 Å². The summed E-state index contributed by atoms with van der Waals surface area (Å²) in [6.45, 7) is 2.04. The molecule has 1 N–H and O–H groups in total. The Hall–Kier alpha value is -0.740. The van der Waals surface area contributed by atoms with Crippen molar-refractivity contribution in [3.63, 3.8) is 0 Å². The van der Waals surface area contributed by atoms with E-state index in [1.807, 2.05) is 6.92 Å². The van der Waals surface area contributed by atoms with Gasteiger partial charge in [-0.25, -0.2) is 0 Å². The van der Waals surface area contributed by atoms with Crippen LogP contribution in [0.2, 0.25) is 0 Å². The summed E-state index contributed by atoms with van der Waals surface area (Å²) in [6.07, 6.45) is 7.55. The van der Waals surface area contributed by atoms with Crippen molar-refractivity contribution >= 4 is 0 Å². The average molecular weight is 136 g/mol. The zero-order chi connectivity index (χ0) is 7.56. The van der Waals surface area contributed by atoms with Crippen molar-refractivity contribution in [2.24, 2.45) is 0 Å². The van der Waals surface area contributed by atoms with E-state index < -0.39 is 0 Å². The van der Waals surface area contributed by atoms with Crippen LogP contribution in [0.3, 0.4) is 0 Å². The summed E-state index contributed by atoms with van der Waals surface area (Å²) in [5.74, 6) is 2.60. The highest BCUT2D eigenvalue weighted by Gasteiger charge is 2.14. The van der Waals surface area contributed by atoms with Crippen LogP contribution in [-0.4, -0.2) is 11.2 Å². The van der Waals surface area contributed by atoms with Crippen LogP contribution >= 0.6 is 0 Å². The first-order chi connectivity index (χ1) is 4.74. The normalized spacial score (nSPS) is 26.3. The molecule has 1 heteroatoms. The van der Waals surface area contributed by atoms with Gasteiger partial charge >= 0.3 is 0 Å². The molecule has 0 fully saturated rings. The maximum absolute atomic E-state index is 9.20. The van der Waals surface area contributed by atoms with E-state index in [9.17, 15) is 5.11 Å². The summed E-state index contributed by atoms with van der Waals surface area (Å²) in [6, 6.07) is 0. The highest BCUT2D eigenvalue weighted by Crippen LogP contribution is 2.23. The minimum atomic E-state index is -0.199. The molecule has 10 heavy (non-hydrogen) atoms. The molecule has 0 aliphatic heterocycles. The smallest absolute Gasteiger partial charge is 0.0589 e. The van der Waals surface area contributed by atoms with Crippen molar-refractivity contribution in [2.45, 2.75) is 32.3 Å². The average Bonchev–Trinajstić information content (AvgIpc) is 1.94. The van der Waals surface area contributed by atoms with Crippen LogP contribution in [0.5, 0.6) is 0 Å². The van der Waals surface area contributed by atoms with Gasteiger partial charge in [0.25, 0.3) is 0 Å². The molecule has 0 aromatic carbocycles. The molecular weight excluding hydrogens is 124 g/mol. The summed E-state index contributed by atoms with van der Waals surface area (Å²) in [7, 11) is 0. The molecule has 1 rings (SSSR count). The quantitative estimate of drug-likeness (QED) is 0.500. The lowest BCUT2D eigenvalue weighted by molar-refractivity contribution is 0.160. The van der Waals surface area contributed by atoms with Gasteiger partial charge in [-0.05, 0) is 19.8 Å². The maximum Gasteiger partial charge on any atom is 0.0589 e. The van der Waals surface area contributed by atoms with Crippen LogP contribution in [0.4, 0.5) is 0 Å². The molecule has 1 aliphatic rings. The highest BCUT2D eigenvalue weighted by atomic mass is 16.3. The van der Waals surface area contributed by atoms with Crippen LogP contribution in [0.25, 0.3) is 0 Å². The Kier molecular flexibility index (Phi) is 2.13. The summed E-state index contributed by atoms with van der Waals surface area (Å²) >= 11 is 0. The van der Waals surface area contributed by atoms with E-state index in [0.29, 0.717) is 6.42 Å². The van der Waals surface area contributed by atoms with Gasteiger partial charge in [0.15, 0.2) is 0 Å². The summed E-state index contributed by atoms with van der Waals surface area (Å²) < 4.78 is 0. The monoisotopic (exact) mass is 136 g/mol. The summed E-state index contributed by atoms with van der Waals surface area (Å²) in [5, 5.41) is 9.20. The first-order valence-corrected chi connectivity index (χ1v) is 3.57. The van der Waals surface area contributed by atoms with Gasteiger partial charge in [0.1, 0.15) is 0 Å². The highest BCUT2D eigenvalue weighted by molar-refractivity contribution is 5.32. The third-order valence-electron chi connectivity index (χ3n) is 1.98. The Balaban J connectivity index is 2.75. The summed E-state index contributed by atoms with van der Waals surface area (Å²) in [4.78, 5) is 0. The first-order valence-electron chi connectivity index (χ1n) is 3.57. The van der Waals surface area contributed by atoms with Crippen LogP contribution in [0.15, 0.2) is 11.1 Å². The predicted octanol–water partition coefficient (Wildman–Crippen LogP) is 1.48. The van der Waals surface area contributed by atoms with Crippen molar-refractivity contribution < 1.29 is 5.11 Å². The molecule has 0 spiro atoms. The first kappa shape index (κ1) is 7.37. The third kappa shape index (κ3) is 1.40. The molecular formula is C9H12O. The number of rotatable bonds is 0. The molecule has 0 aromatic heterocycles. The molecule has 0 amide bonds. The number of hydrogen-bond donors (Lipinski definition) is 1. The largest absolute Gasteiger partial charge is 0.393 e. The summed E-state index contributed by atoms with van der Waals surface area (Å²) in [5.41, 5.74) is 2.27. The molecule has 1 aliphatic carbocycles. The molecule has 0 saturated heterocycles. The second-order valence-electron chi connectivity index (χ2n) is 2.80. The topological polar surface area (TPSA) is 20.2 Å². The maximum atomic E-state index is 9.20. The van der Waals surface area contributed by atoms with E-state index in [-0.39, 0.29) is 6.10 Å². The van der Waals surface area contributed by atoms with Crippen LogP contribution in [0.1, 0.15) is 26.2 Å². The fourth-order valence-electron chi connectivity index (χ4n) is 1.23. The van der Waals surface area contributed by atoms with E-state index in [1.165, 1.54) is 5.57 Å². The van der Waals surface area contributed by atoms with Gasteiger partial charge in [0.2, 0.25) is 0 Å². The zero-order valence-corrected chi connectivity index (χ0v) is 6.22. The fraction of sp³-hybridized carbons (Fsp3) is 0.556. The molecule has 0 aromatic rings. The van der Waals surface area contributed by atoms with Crippen LogP contribution in [0, 0.1) is 12.3 Å². The van der Waals surface area contributed by atoms with Gasteiger partial charge in [0.05, 0.1) is 6.10 Å². The lowest BCUT2D eigenvalue weighted by Crippen LogP contribution is -2.13. The zero-order valence-electron chi connectivity index (χ0n) is 6.22. The number of aliphatic hydroxyl groups excluding tert-OH is 1. The number of terminal acetylenes is 1. The van der Waals surface area contributed by atoms with Gasteiger partial charge in [-0.1, -0.05) is 11.5 Å². The van der Waals surface area contributed by atoms with Crippen LogP contribution in [-0.2, 0) is 0 Å². The van der Waals surface area contributed by atoms with E-state index in [1.54, 1.807) is 0 Å². The molecule has 0 bridgehead atoms. The van der Waals surface area contributed by atoms with Crippen LogP contribution < -0.4 is 0 Å².